The maximum atomic E-state index is 12.1. The number of nitro groups is 1. The molecule has 7 nitrogen and oxygen atoms in total. The van der Waals surface area contributed by atoms with Gasteiger partial charge in [-0.3, -0.25) is 19.8 Å². The van der Waals surface area contributed by atoms with Gasteiger partial charge in [-0.25, -0.2) is 4.79 Å². The molecule has 2 fully saturated rings. The molecule has 0 aliphatic carbocycles. The van der Waals surface area contributed by atoms with Crippen molar-refractivity contribution in [3.05, 3.63) is 39.9 Å². The van der Waals surface area contributed by atoms with Crippen LogP contribution >= 0.6 is 0 Å². The second-order valence-corrected chi connectivity index (χ2v) is 5.30. The van der Waals surface area contributed by atoms with Crippen LogP contribution in [0.5, 0.6) is 0 Å². The van der Waals surface area contributed by atoms with Gasteiger partial charge >= 0.3 is 6.03 Å². The maximum absolute atomic E-state index is 12.1. The van der Waals surface area contributed by atoms with Crippen LogP contribution in [-0.4, -0.2) is 45.8 Å². The first-order valence-corrected chi connectivity index (χ1v) is 6.93. The van der Waals surface area contributed by atoms with E-state index in [2.05, 4.69) is 0 Å². The summed E-state index contributed by atoms with van der Waals surface area (Å²) >= 11 is 0. The Balaban J connectivity index is 1.64. The smallest absolute Gasteiger partial charge is 0.312 e. The molecule has 2 heterocycles. The van der Waals surface area contributed by atoms with Crippen LogP contribution in [-0.2, 0) is 11.2 Å². The Labute approximate surface area is 121 Å². The maximum Gasteiger partial charge on any atom is 0.327 e. The normalized spacial score (nSPS) is 21.0. The third-order valence-corrected chi connectivity index (χ3v) is 4.05. The van der Waals surface area contributed by atoms with Gasteiger partial charge < -0.3 is 4.90 Å². The molecule has 2 saturated heterocycles. The van der Waals surface area contributed by atoms with Crippen LogP contribution < -0.4 is 0 Å². The van der Waals surface area contributed by atoms with E-state index in [-0.39, 0.29) is 23.7 Å². The molecular weight excluding hydrogens is 274 g/mol. The fraction of sp³-hybridized carbons (Fsp3) is 0.429. The summed E-state index contributed by atoms with van der Waals surface area (Å²) in [4.78, 5) is 37.3. The molecule has 7 heteroatoms. The van der Waals surface area contributed by atoms with E-state index in [1.165, 1.54) is 17.0 Å². The van der Waals surface area contributed by atoms with Gasteiger partial charge in [-0.1, -0.05) is 12.1 Å². The van der Waals surface area contributed by atoms with E-state index in [1.807, 2.05) is 0 Å². The number of imide groups is 1. The van der Waals surface area contributed by atoms with Crippen LogP contribution in [0.1, 0.15) is 18.4 Å². The quantitative estimate of drug-likeness (QED) is 0.478. The number of carbonyl (C=O) groups is 2. The van der Waals surface area contributed by atoms with Crippen molar-refractivity contribution >= 4 is 17.6 Å². The minimum absolute atomic E-state index is 0.0349. The van der Waals surface area contributed by atoms with Gasteiger partial charge in [0.05, 0.1) is 4.92 Å². The zero-order chi connectivity index (χ0) is 15.0. The Kier molecular flexibility index (Phi) is 3.32. The minimum atomic E-state index is -0.453. The molecule has 3 amide bonds. The summed E-state index contributed by atoms with van der Waals surface area (Å²) in [5.74, 6) is -0.112. The highest BCUT2D eigenvalue weighted by Crippen LogP contribution is 2.27. The van der Waals surface area contributed by atoms with Crippen molar-refractivity contribution in [3.63, 3.8) is 0 Å². The summed E-state index contributed by atoms with van der Waals surface area (Å²) < 4.78 is 0. The molecule has 21 heavy (non-hydrogen) atoms. The number of nitrogens with zero attached hydrogens (tertiary/aromatic N) is 3. The summed E-state index contributed by atoms with van der Waals surface area (Å²) in [6.45, 7) is 0.978. The van der Waals surface area contributed by atoms with Crippen molar-refractivity contribution in [1.29, 1.82) is 0 Å². The second kappa shape index (κ2) is 5.16. The van der Waals surface area contributed by atoms with E-state index >= 15 is 0 Å². The van der Waals surface area contributed by atoms with Gasteiger partial charge in [-0.15, -0.1) is 0 Å². The Morgan fingerprint density at radius 1 is 1.24 bits per heavy atom. The SMILES string of the molecule is O=C1C2CCCN2C(=O)N1CCc1ccc([N+](=O)[O-])cc1. The fourth-order valence-electron chi connectivity index (χ4n) is 2.91. The lowest BCUT2D eigenvalue weighted by atomic mass is 10.1. The lowest BCUT2D eigenvalue weighted by Gasteiger charge is -2.15. The van der Waals surface area contributed by atoms with E-state index in [9.17, 15) is 19.7 Å². The summed E-state index contributed by atoms with van der Waals surface area (Å²) in [7, 11) is 0. The van der Waals surface area contributed by atoms with Gasteiger partial charge in [0.1, 0.15) is 6.04 Å². The molecule has 0 bridgehead atoms. The Bertz CT molecular complexity index is 577. The number of non-ortho nitro benzene ring substituents is 1. The number of nitro benzene ring substituents is 1. The Hall–Kier alpha value is -2.44. The zero-order valence-corrected chi connectivity index (χ0v) is 11.4. The standard InChI is InChI=1S/C14H15N3O4/c18-13-12-2-1-8-15(12)14(19)16(13)9-7-10-3-5-11(6-4-10)17(20)21/h3-6,12H,1-2,7-9H2. The number of hydrogen-bond donors (Lipinski definition) is 0. The second-order valence-electron chi connectivity index (χ2n) is 5.30. The van der Waals surface area contributed by atoms with Gasteiger partial charge in [0.15, 0.2) is 0 Å². The molecule has 1 aromatic carbocycles. The number of urea groups is 1. The van der Waals surface area contributed by atoms with E-state index < -0.39 is 4.92 Å². The number of carbonyl (C=O) groups excluding carboxylic acids is 2. The van der Waals surface area contributed by atoms with Crippen molar-refractivity contribution < 1.29 is 14.5 Å². The van der Waals surface area contributed by atoms with Gasteiger partial charge in [0, 0.05) is 25.2 Å². The Morgan fingerprint density at radius 3 is 2.57 bits per heavy atom. The molecule has 2 aliphatic rings. The molecule has 1 unspecified atom stereocenters. The number of rotatable bonds is 4. The predicted octanol–water partition coefficient (Wildman–Crippen LogP) is 1.56. The molecule has 110 valence electrons. The highest BCUT2D eigenvalue weighted by molar-refractivity contribution is 6.04. The van der Waals surface area contributed by atoms with Crippen molar-refractivity contribution in [2.45, 2.75) is 25.3 Å². The first-order chi connectivity index (χ1) is 10.1. The highest BCUT2D eigenvalue weighted by atomic mass is 16.6. The molecule has 1 atom stereocenters. The van der Waals surface area contributed by atoms with E-state index in [4.69, 9.17) is 0 Å². The summed E-state index contributed by atoms with van der Waals surface area (Å²) in [6.07, 6.45) is 2.15. The van der Waals surface area contributed by atoms with Crippen LogP contribution in [0, 0.1) is 10.1 Å². The van der Waals surface area contributed by atoms with Gasteiger partial charge in [-0.05, 0) is 24.8 Å². The monoisotopic (exact) mass is 289 g/mol. The number of amides is 3. The van der Waals surface area contributed by atoms with Crippen LogP contribution in [0.3, 0.4) is 0 Å². The topological polar surface area (TPSA) is 83.8 Å². The van der Waals surface area contributed by atoms with Gasteiger partial charge in [-0.2, -0.15) is 0 Å². The summed E-state index contributed by atoms with van der Waals surface area (Å²) in [6, 6.07) is 5.70. The van der Waals surface area contributed by atoms with E-state index in [0.29, 0.717) is 19.5 Å². The number of hydrogen-bond acceptors (Lipinski definition) is 4. The van der Waals surface area contributed by atoms with E-state index in [0.717, 1.165) is 18.4 Å². The lowest BCUT2D eigenvalue weighted by molar-refractivity contribution is -0.384. The molecule has 0 radical (unpaired) electrons. The highest BCUT2D eigenvalue weighted by Gasteiger charge is 2.46. The van der Waals surface area contributed by atoms with Crippen molar-refractivity contribution in [2.75, 3.05) is 13.1 Å². The molecule has 1 aromatic rings. The average Bonchev–Trinajstić information content (AvgIpc) is 3.03. The van der Waals surface area contributed by atoms with E-state index in [1.54, 1.807) is 17.0 Å². The van der Waals surface area contributed by atoms with Gasteiger partial charge in [0.2, 0.25) is 0 Å². The van der Waals surface area contributed by atoms with Crippen LogP contribution in [0.2, 0.25) is 0 Å². The molecule has 0 spiro atoms. The molecule has 0 aromatic heterocycles. The van der Waals surface area contributed by atoms with Crippen molar-refractivity contribution in [1.82, 2.24) is 9.80 Å². The number of fused-ring (bicyclic) bond motifs is 1. The van der Waals surface area contributed by atoms with Crippen molar-refractivity contribution in [2.24, 2.45) is 0 Å². The molecule has 0 N–H and O–H groups in total. The molecule has 3 rings (SSSR count). The molecule has 2 aliphatic heterocycles. The third-order valence-electron chi connectivity index (χ3n) is 4.05. The third kappa shape index (κ3) is 2.35. The number of benzene rings is 1. The largest absolute Gasteiger partial charge is 0.327 e. The first kappa shape index (κ1) is 13.5. The van der Waals surface area contributed by atoms with Crippen LogP contribution in [0.4, 0.5) is 10.5 Å². The minimum Gasteiger partial charge on any atom is -0.312 e. The fourth-order valence-corrected chi connectivity index (χ4v) is 2.91. The van der Waals surface area contributed by atoms with Crippen LogP contribution in [0.25, 0.3) is 0 Å². The molecule has 0 saturated carbocycles. The van der Waals surface area contributed by atoms with Crippen molar-refractivity contribution in [3.8, 4) is 0 Å². The molecular formula is C14H15N3O4. The average molecular weight is 289 g/mol. The summed E-state index contributed by atoms with van der Waals surface area (Å²) in [5.41, 5.74) is 0.904. The predicted molar refractivity (Wildman–Crippen MR) is 73.6 cm³/mol. The summed E-state index contributed by atoms with van der Waals surface area (Å²) in [5, 5.41) is 10.6. The first-order valence-electron chi connectivity index (χ1n) is 6.93. The zero-order valence-electron chi connectivity index (χ0n) is 11.4. The lowest BCUT2D eigenvalue weighted by Crippen LogP contribution is -2.34. The van der Waals surface area contributed by atoms with Crippen LogP contribution in [0.15, 0.2) is 24.3 Å². The van der Waals surface area contributed by atoms with Gasteiger partial charge in [0.25, 0.3) is 11.6 Å². The Morgan fingerprint density at radius 2 is 1.95 bits per heavy atom.